The topological polar surface area (TPSA) is 55.4 Å². The third-order valence-corrected chi connectivity index (χ3v) is 3.79. The quantitative estimate of drug-likeness (QED) is 0.827. The van der Waals surface area contributed by atoms with Gasteiger partial charge in [0.05, 0.1) is 11.5 Å². The van der Waals surface area contributed by atoms with E-state index >= 15 is 0 Å². The van der Waals surface area contributed by atoms with Gasteiger partial charge in [0.2, 0.25) is 0 Å². The fourth-order valence-corrected chi connectivity index (χ4v) is 2.41. The molecule has 4 nitrogen and oxygen atoms in total. The molecule has 0 aliphatic heterocycles. The molecule has 1 N–H and O–H groups in total. The molecule has 0 amide bonds. The van der Waals surface area contributed by atoms with Crippen LogP contribution in [-0.2, 0) is 14.6 Å². The first-order valence-corrected chi connectivity index (χ1v) is 7.92. The van der Waals surface area contributed by atoms with Crippen LogP contribution in [0.2, 0.25) is 0 Å². The molecule has 0 aliphatic carbocycles. The molecule has 102 valence electrons. The maximum Gasteiger partial charge on any atom is 0.175 e. The molecule has 0 aromatic heterocycles. The van der Waals surface area contributed by atoms with Crippen LogP contribution in [0.3, 0.4) is 0 Å². The van der Waals surface area contributed by atoms with Crippen LogP contribution in [0.5, 0.6) is 0 Å². The summed E-state index contributed by atoms with van der Waals surface area (Å²) >= 11 is 0. The number of hydrogen-bond acceptors (Lipinski definition) is 4. The summed E-state index contributed by atoms with van der Waals surface area (Å²) in [5, 5.41) is 3.34. The first kappa shape index (κ1) is 15.0. The summed E-state index contributed by atoms with van der Waals surface area (Å²) in [6.45, 7) is 2.76. The summed E-state index contributed by atoms with van der Waals surface area (Å²) in [6, 6.07) is 7.06. The van der Waals surface area contributed by atoms with Gasteiger partial charge in [0.25, 0.3) is 0 Å². The summed E-state index contributed by atoms with van der Waals surface area (Å²) in [5.74, 6) is 0. The van der Waals surface area contributed by atoms with Gasteiger partial charge >= 0.3 is 0 Å². The second kappa shape index (κ2) is 6.75. The maximum atomic E-state index is 11.3. The van der Waals surface area contributed by atoms with Gasteiger partial charge in [-0.2, -0.15) is 0 Å². The Labute approximate surface area is 109 Å². The van der Waals surface area contributed by atoms with E-state index < -0.39 is 9.84 Å². The lowest BCUT2D eigenvalue weighted by molar-refractivity contribution is 0.182. The van der Waals surface area contributed by atoms with Crippen LogP contribution in [0, 0.1) is 0 Å². The Morgan fingerprint density at radius 1 is 1.28 bits per heavy atom. The molecule has 1 aromatic carbocycles. The molecule has 1 atom stereocenters. The van der Waals surface area contributed by atoms with E-state index in [0.29, 0.717) is 11.5 Å². The molecule has 0 bridgehead atoms. The van der Waals surface area contributed by atoms with Crippen molar-refractivity contribution in [2.45, 2.75) is 30.7 Å². The Balaban J connectivity index is 2.73. The van der Waals surface area contributed by atoms with Gasteiger partial charge in [-0.1, -0.05) is 13.3 Å². The highest BCUT2D eigenvalue weighted by atomic mass is 32.2. The fourth-order valence-electron chi connectivity index (χ4n) is 1.78. The van der Waals surface area contributed by atoms with Gasteiger partial charge in [0, 0.05) is 25.1 Å². The van der Waals surface area contributed by atoms with E-state index in [2.05, 4.69) is 12.2 Å². The molecule has 0 heterocycles. The van der Waals surface area contributed by atoms with Crippen LogP contribution in [0.4, 0.5) is 5.69 Å². The molecule has 5 heteroatoms. The molecule has 1 unspecified atom stereocenters. The zero-order valence-electron chi connectivity index (χ0n) is 11.1. The molecule has 0 radical (unpaired) electrons. The normalized spacial score (nSPS) is 13.3. The maximum absolute atomic E-state index is 11.3. The lowest BCUT2D eigenvalue weighted by atomic mass is 10.1. The van der Waals surface area contributed by atoms with Gasteiger partial charge < -0.3 is 10.1 Å². The van der Waals surface area contributed by atoms with Gasteiger partial charge in [-0.05, 0) is 30.7 Å². The minimum absolute atomic E-state index is 0.254. The van der Waals surface area contributed by atoms with Crippen molar-refractivity contribution in [1.82, 2.24) is 0 Å². The van der Waals surface area contributed by atoms with Crippen molar-refractivity contribution in [2.75, 3.05) is 25.3 Å². The third kappa shape index (κ3) is 4.66. The van der Waals surface area contributed by atoms with Crippen molar-refractivity contribution in [3.05, 3.63) is 24.3 Å². The zero-order chi connectivity index (χ0) is 13.6. The van der Waals surface area contributed by atoms with Gasteiger partial charge in [0.1, 0.15) is 0 Å². The van der Waals surface area contributed by atoms with Crippen LogP contribution in [0.25, 0.3) is 0 Å². The summed E-state index contributed by atoms with van der Waals surface area (Å²) in [5.41, 5.74) is 0.915. The van der Waals surface area contributed by atoms with E-state index in [4.69, 9.17) is 4.74 Å². The molecule has 0 saturated heterocycles. The molecule has 0 aliphatic rings. The molecule has 1 aromatic rings. The van der Waals surface area contributed by atoms with Crippen molar-refractivity contribution in [2.24, 2.45) is 0 Å². The monoisotopic (exact) mass is 271 g/mol. The predicted octanol–water partition coefficient (Wildman–Crippen LogP) is 2.32. The van der Waals surface area contributed by atoms with Crippen LogP contribution < -0.4 is 5.32 Å². The number of sulfone groups is 1. The van der Waals surface area contributed by atoms with E-state index in [9.17, 15) is 8.42 Å². The zero-order valence-corrected chi connectivity index (χ0v) is 12.0. The summed E-state index contributed by atoms with van der Waals surface area (Å²) in [7, 11) is -1.44. The largest absolute Gasteiger partial charge is 0.383 e. The van der Waals surface area contributed by atoms with Gasteiger partial charge in [-0.15, -0.1) is 0 Å². The van der Waals surface area contributed by atoms with Crippen molar-refractivity contribution in [3.63, 3.8) is 0 Å². The Morgan fingerprint density at radius 2 is 1.89 bits per heavy atom. The Hall–Kier alpha value is -1.07. The number of anilines is 1. The van der Waals surface area contributed by atoms with E-state index in [-0.39, 0.29) is 6.04 Å². The van der Waals surface area contributed by atoms with Crippen molar-refractivity contribution in [1.29, 1.82) is 0 Å². The smallest absolute Gasteiger partial charge is 0.175 e. The molecule has 0 spiro atoms. The van der Waals surface area contributed by atoms with Crippen molar-refractivity contribution < 1.29 is 13.2 Å². The highest BCUT2D eigenvalue weighted by Crippen LogP contribution is 2.15. The predicted molar refractivity (Wildman–Crippen MR) is 73.7 cm³/mol. The van der Waals surface area contributed by atoms with E-state index in [1.54, 1.807) is 31.4 Å². The Kier molecular flexibility index (Phi) is 5.62. The van der Waals surface area contributed by atoms with Crippen LogP contribution in [0.15, 0.2) is 29.2 Å². The molecule has 0 fully saturated rings. The van der Waals surface area contributed by atoms with Crippen molar-refractivity contribution >= 4 is 15.5 Å². The molecule has 18 heavy (non-hydrogen) atoms. The number of hydrogen-bond donors (Lipinski definition) is 1. The van der Waals surface area contributed by atoms with Gasteiger partial charge in [-0.25, -0.2) is 8.42 Å². The number of nitrogens with one attached hydrogen (secondary N) is 1. The molecule has 1 rings (SSSR count). The summed E-state index contributed by atoms with van der Waals surface area (Å²) < 4.78 is 27.8. The molecular weight excluding hydrogens is 250 g/mol. The minimum Gasteiger partial charge on any atom is -0.383 e. The standard InChI is InChI=1S/C13H21NO3S/c1-4-5-12(10-17-2)14-11-6-8-13(9-7-11)18(3,15)16/h6-9,12,14H,4-5,10H2,1-3H3. The Morgan fingerprint density at radius 3 is 2.33 bits per heavy atom. The average molecular weight is 271 g/mol. The van der Waals surface area contributed by atoms with Gasteiger partial charge in [0.15, 0.2) is 9.84 Å². The molecule has 0 saturated carbocycles. The summed E-state index contributed by atoms with van der Waals surface area (Å²) in [6.07, 6.45) is 3.30. The minimum atomic E-state index is -3.12. The molecular formula is C13H21NO3S. The third-order valence-electron chi connectivity index (χ3n) is 2.66. The average Bonchev–Trinajstić information content (AvgIpc) is 2.29. The van der Waals surface area contributed by atoms with E-state index in [1.165, 1.54) is 6.26 Å². The second-order valence-corrected chi connectivity index (χ2v) is 6.40. The highest BCUT2D eigenvalue weighted by Gasteiger charge is 2.09. The second-order valence-electron chi connectivity index (χ2n) is 4.38. The highest BCUT2D eigenvalue weighted by molar-refractivity contribution is 7.90. The van der Waals surface area contributed by atoms with Gasteiger partial charge in [-0.3, -0.25) is 0 Å². The van der Waals surface area contributed by atoms with E-state index in [1.807, 2.05) is 0 Å². The fraction of sp³-hybridized carbons (Fsp3) is 0.538. The summed E-state index contributed by atoms with van der Waals surface area (Å²) in [4.78, 5) is 0.340. The van der Waals surface area contributed by atoms with Crippen LogP contribution in [-0.4, -0.2) is 34.4 Å². The SMILES string of the molecule is CCCC(COC)Nc1ccc(S(C)(=O)=O)cc1. The number of rotatable bonds is 7. The number of benzene rings is 1. The van der Waals surface area contributed by atoms with Crippen LogP contribution >= 0.6 is 0 Å². The number of ether oxygens (including phenoxy) is 1. The first-order chi connectivity index (χ1) is 8.47. The first-order valence-electron chi connectivity index (χ1n) is 6.03. The lowest BCUT2D eigenvalue weighted by Gasteiger charge is -2.18. The van der Waals surface area contributed by atoms with Crippen LogP contribution in [0.1, 0.15) is 19.8 Å². The van der Waals surface area contributed by atoms with E-state index in [0.717, 1.165) is 18.5 Å². The lowest BCUT2D eigenvalue weighted by Crippen LogP contribution is -2.24. The van der Waals surface area contributed by atoms with Crippen molar-refractivity contribution in [3.8, 4) is 0 Å². The Bertz CT molecular complexity index is 448. The number of methoxy groups -OCH3 is 1.